The van der Waals surface area contributed by atoms with Gasteiger partial charge in [-0.1, -0.05) is 0 Å². The number of nitrogens with zero attached hydrogens (tertiary/aromatic N) is 2. The normalized spacial score (nSPS) is 10.5. The van der Waals surface area contributed by atoms with Gasteiger partial charge in [-0.15, -0.1) is 0 Å². The fraction of sp³-hybridized carbons (Fsp3) is 0.222. The summed E-state index contributed by atoms with van der Waals surface area (Å²) in [4.78, 5) is 0. The predicted octanol–water partition coefficient (Wildman–Crippen LogP) is 0.787. The molecular formula is C9H10BN2O2. The van der Waals surface area contributed by atoms with Gasteiger partial charge in [0.05, 0.1) is 5.52 Å². The van der Waals surface area contributed by atoms with E-state index < -0.39 is 0 Å². The molecule has 0 atom stereocenters. The molecule has 2 aromatic rings. The van der Waals surface area contributed by atoms with Crippen LogP contribution in [0.3, 0.4) is 0 Å². The smallest absolute Gasteiger partial charge is 0.537 e. The van der Waals surface area contributed by atoms with E-state index in [1.807, 2.05) is 32.3 Å². The van der Waals surface area contributed by atoms with Crippen LogP contribution in [0.4, 0.5) is 0 Å². The summed E-state index contributed by atoms with van der Waals surface area (Å²) in [5.41, 5.74) is 1.98. The lowest BCUT2D eigenvalue weighted by molar-refractivity contribution is 0.454. The van der Waals surface area contributed by atoms with E-state index in [1.165, 1.54) is 0 Å². The average Bonchev–Trinajstić information content (AvgIpc) is 2.47. The lowest BCUT2D eigenvalue weighted by Gasteiger charge is -2.02. The third-order valence-electron chi connectivity index (χ3n) is 2.08. The molecule has 14 heavy (non-hydrogen) atoms. The van der Waals surface area contributed by atoms with Gasteiger partial charge in [-0.05, 0) is 24.6 Å². The molecule has 0 bridgehead atoms. The number of hydrogen-bond acceptors (Lipinski definition) is 3. The molecule has 2 rings (SSSR count). The summed E-state index contributed by atoms with van der Waals surface area (Å²) in [5.74, 6) is 0.616. The van der Waals surface area contributed by atoms with Gasteiger partial charge in [-0.3, -0.25) is 4.68 Å². The van der Waals surface area contributed by atoms with E-state index in [0.717, 1.165) is 16.5 Å². The summed E-state index contributed by atoms with van der Waals surface area (Å²) < 4.78 is 6.65. The van der Waals surface area contributed by atoms with Crippen molar-refractivity contribution in [2.24, 2.45) is 7.05 Å². The topological polar surface area (TPSA) is 47.3 Å². The number of benzene rings is 1. The maximum atomic E-state index is 8.52. The van der Waals surface area contributed by atoms with Gasteiger partial charge in [0.25, 0.3) is 0 Å². The minimum Gasteiger partial charge on any atom is -0.537 e. The Labute approximate surface area is 82.4 Å². The molecule has 0 spiro atoms. The van der Waals surface area contributed by atoms with Gasteiger partial charge in [0, 0.05) is 18.6 Å². The van der Waals surface area contributed by atoms with Gasteiger partial charge in [0.1, 0.15) is 5.75 Å². The SMILES string of the molecule is Cc1cc(O[B]O)cc2cn(C)nc12. The molecule has 0 amide bonds. The molecule has 0 saturated carbocycles. The van der Waals surface area contributed by atoms with E-state index >= 15 is 0 Å². The highest BCUT2D eigenvalue weighted by molar-refractivity contribution is 6.17. The first kappa shape index (κ1) is 9.08. The van der Waals surface area contributed by atoms with Crippen LogP contribution in [0.5, 0.6) is 5.75 Å². The largest absolute Gasteiger partial charge is 0.569 e. The van der Waals surface area contributed by atoms with Gasteiger partial charge in [0.15, 0.2) is 0 Å². The van der Waals surface area contributed by atoms with E-state index in [1.54, 1.807) is 4.68 Å². The maximum absolute atomic E-state index is 8.52. The first-order valence-electron chi connectivity index (χ1n) is 4.27. The lowest BCUT2D eigenvalue weighted by Crippen LogP contribution is -1.99. The summed E-state index contributed by atoms with van der Waals surface area (Å²) in [7, 11) is 2.55. The molecule has 0 saturated heterocycles. The van der Waals surface area contributed by atoms with Gasteiger partial charge in [-0.25, -0.2) is 0 Å². The van der Waals surface area contributed by atoms with Gasteiger partial charge >= 0.3 is 7.69 Å². The van der Waals surface area contributed by atoms with Crippen LogP contribution >= 0.6 is 0 Å². The van der Waals surface area contributed by atoms with Crippen molar-refractivity contribution in [3.05, 3.63) is 23.9 Å². The van der Waals surface area contributed by atoms with Crippen LogP contribution in [0.25, 0.3) is 10.9 Å². The van der Waals surface area contributed by atoms with Crippen molar-refractivity contribution in [1.29, 1.82) is 0 Å². The van der Waals surface area contributed by atoms with Gasteiger partial charge in [0.2, 0.25) is 0 Å². The minimum absolute atomic E-state index is 0.616. The zero-order chi connectivity index (χ0) is 10.1. The number of fused-ring (bicyclic) bond motifs is 1. The molecule has 1 radical (unpaired) electrons. The van der Waals surface area contributed by atoms with E-state index in [9.17, 15) is 0 Å². The molecular weight excluding hydrogens is 179 g/mol. The highest BCUT2D eigenvalue weighted by atomic mass is 16.5. The molecule has 0 unspecified atom stereocenters. The standard InChI is InChI=1S/C9H10BN2O2/c1-6-3-8(14-10-13)4-7-5-12(2)11-9(6)7/h3-5,13H,1-2H3. The minimum atomic E-state index is 0.616. The van der Waals surface area contributed by atoms with Crippen molar-refractivity contribution in [2.75, 3.05) is 0 Å². The molecule has 1 N–H and O–H groups in total. The van der Waals surface area contributed by atoms with Crippen LogP contribution in [0, 0.1) is 6.92 Å². The summed E-state index contributed by atoms with van der Waals surface area (Å²) in [5, 5.41) is 13.8. The van der Waals surface area contributed by atoms with Gasteiger partial charge < -0.3 is 9.68 Å². The van der Waals surface area contributed by atoms with Crippen LogP contribution in [0.2, 0.25) is 0 Å². The first-order chi connectivity index (χ1) is 6.70. The van der Waals surface area contributed by atoms with E-state index in [0.29, 0.717) is 13.4 Å². The zero-order valence-electron chi connectivity index (χ0n) is 8.06. The maximum Gasteiger partial charge on any atom is 0.569 e. The third kappa shape index (κ3) is 1.46. The van der Waals surface area contributed by atoms with Crippen LogP contribution in [0.15, 0.2) is 18.3 Å². The molecule has 71 valence electrons. The Hall–Kier alpha value is -1.49. The Morgan fingerprint density at radius 2 is 2.29 bits per heavy atom. The van der Waals surface area contributed by atoms with Crippen LogP contribution in [0.1, 0.15) is 5.56 Å². The van der Waals surface area contributed by atoms with Crippen molar-refractivity contribution in [3.63, 3.8) is 0 Å². The third-order valence-corrected chi connectivity index (χ3v) is 2.08. The van der Waals surface area contributed by atoms with Crippen molar-refractivity contribution in [2.45, 2.75) is 6.92 Å². The summed E-state index contributed by atoms with van der Waals surface area (Å²) in [6.45, 7) is 1.96. The molecule has 4 nitrogen and oxygen atoms in total. The predicted molar refractivity (Wildman–Crippen MR) is 54.1 cm³/mol. The molecule has 1 heterocycles. The van der Waals surface area contributed by atoms with Crippen LogP contribution in [-0.4, -0.2) is 22.5 Å². The second kappa shape index (κ2) is 3.34. The molecule has 0 aliphatic rings. The quantitative estimate of drug-likeness (QED) is 0.710. The molecule has 0 aliphatic heterocycles. The Bertz CT molecular complexity index is 467. The number of hydrogen-bond donors (Lipinski definition) is 1. The van der Waals surface area contributed by atoms with Crippen molar-refractivity contribution < 1.29 is 9.68 Å². The Morgan fingerprint density at radius 3 is 3.00 bits per heavy atom. The van der Waals surface area contributed by atoms with Gasteiger partial charge in [-0.2, -0.15) is 5.10 Å². The highest BCUT2D eigenvalue weighted by Crippen LogP contribution is 2.23. The molecule has 1 aromatic carbocycles. The van der Waals surface area contributed by atoms with E-state index in [-0.39, 0.29) is 0 Å². The van der Waals surface area contributed by atoms with Crippen molar-refractivity contribution in [1.82, 2.24) is 9.78 Å². The molecule has 1 aromatic heterocycles. The zero-order valence-corrected chi connectivity index (χ0v) is 8.06. The number of aromatic nitrogens is 2. The number of aryl methyl sites for hydroxylation is 2. The monoisotopic (exact) mass is 189 g/mol. The highest BCUT2D eigenvalue weighted by Gasteiger charge is 2.05. The molecule has 0 fully saturated rings. The fourth-order valence-electron chi connectivity index (χ4n) is 1.52. The fourth-order valence-corrected chi connectivity index (χ4v) is 1.52. The summed E-state index contributed by atoms with van der Waals surface area (Å²) in [6, 6.07) is 3.67. The van der Waals surface area contributed by atoms with E-state index in [4.69, 9.17) is 9.68 Å². The number of rotatable bonds is 2. The van der Waals surface area contributed by atoms with Crippen molar-refractivity contribution in [3.8, 4) is 5.75 Å². The van der Waals surface area contributed by atoms with Crippen LogP contribution in [-0.2, 0) is 7.05 Å². The summed E-state index contributed by atoms with van der Waals surface area (Å²) in [6.07, 6.45) is 1.91. The van der Waals surface area contributed by atoms with E-state index in [2.05, 4.69) is 5.10 Å². The lowest BCUT2D eigenvalue weighted by atomic mass is 10.1. The Kier molecular flexibility index (Phi) is 2.17. The van der Waals surface area contributed by atoms with Crippen LogP contribution < -0.4 is 4.65 Å². The molecule has 0 aliphatic carbocycles. The molecule has 5 heteroatoms. The Balaban J connectivity index is 2.59. The average molecular weight is 189 g/mol. The second-order valence-corrected chi connectivity index (χ2v) is 3.20. The first-order valence-corrected chi connectivity index (χ1v) is 4.27. The second-order valence-electron chi connectivity index (χ2n) is 3.20. The summed E-state index contributed by atoms with van der Waals surface area (Å²) >= 11 is 0. The van der Waals surface area contributed by atoms with Crippen molar-refractivity contribution >= 4 is 18.6 Å². The Morgan fingerprint density at radius 1 is 1.50 bits per heavy atom.